The normalized spacial score (nSPS) is 17.2. The van der Waals surface area contributed by atoms with Crippen molar-refractivity contribution in [2.24, 2.45) is 5.92 Å². The number of carbonyl (C=O) groups is 2. The summed E-state index contributed by atoms with van der Waals surface area (Å²) < 4.78 is 1.56. The Morgan fingerprint density at radius 2 is 2.08 bits per heavy atom. The van der Waals surface area contributed by atoms with Crippen LogP contribution in [0.5, 0.6) is 0 Å². The summed E-state index contributed by atoms with van der Waals surface area (Å²) in [7, 11) is 0. The molecule has 126 valence electrons. The van der Waals surface area contributed by atoms with E-state index < -0.39 is 5.92 Å². The van der Waals surface area contributed by atoms with Crippen LogP contribution in [-0.4, -0.2) is 42.8 Å². The molecule has 0 bridgehead atoms. The monoisotopic (exact) mass is 336 g/mol. The topological polar surface area (TPSA) is 92.5 Å². The maximum Gasteiger partial charge on any atom is 0.230 e. The summed E-state index contributed by atoms with van der Waals surface area (Å²) in [5, 5.41) is 6.98. The van der Waals surface area contributed by atoms with E-state index >= 15 is 0 Å². The van der Waals surface area contributed by atoms with E-state index in [1.807, 2.05) is 18.2 Å². The van der Waals surface area contributed by atoms with Crippen LogP contribution in [0.4, 0.5) is 5.82 Å². The molecule has 3 aromatic heterocycles. The van der Waals surface area contributed by atoms with Gasteiger partial charge in [-0.2, -0.15) is 9.61 Å². The van der Waals surface area contributed by atoms with Gasteiger partial charge in [0.05, 0.1) is 24.4 Å². The number of hydrogen-bond donors (Lipinski definition) is 1. The standard InChI is InChI=1S/C17H16N6O2/c24-16-9-12(10-22(16)11-13-3-1-2-6-18-13)17(25)21-15-4-7-19-14-5-8-20-23(14)15/h1-8,12H,9-11H2,(H,21,25)/t12-/m1/s1. The molecule has 0 unspecified atom stereocenters. The Kier molecular flexibility index (Phi) is 3.85. The number of aromatic nitrogens is 4. The number of likely N-dealkylation sites (tertiary alicyclic amines) is 1. The van der Waals surface area contributed by atoms with Crippen LogP contribution in [0.1, 0.15) is 12.1 Å². The third kappa shape index (κ3) is 3.06. The highest BCUT2D eigenvalue weighted by molar-refractivity contribution is 5.96. The molecule has 1 aliphatic heterocycles. The van der Waals surface area contributed by atoms with Crippen molar-refractivity contribution < 1.29 is 9.59 Å². The molecule has 1 fully saturated rings. The lowest BCUT2D eigenvalue weighted by Gasteiger charge is -2.16. The van der Waals surface area contributed by atoms with Crippen LogP contribution in [0, 0.1) is 5.92 Å². The molecule has 1 saturated heterocycles. The number of anilines is 1. The Hall–Kier alpha value is -3.29. The van der Waals surface area contributed by atoms with Crippen molar-refractivity contribution in [3.05, 3.63) is 54.6 Å². The number of fused-ring (bicyclic) bond motifs is 1. The van der Waals surface area contributed by atoms with Crippen molar-refractivity contribution in [2.45, 2.75) is 13.0 Å². The lowest BCUT2D eigenvalue weighted by molar-refractivity contribution is -0.128. The van der Waals surface area contributed by atoms with Gasteiger partial charge in [-0.25, -0.2) is 4.98 Å². The van der Waals surface area contributed by atoms with E-state index in [9.17, 15) is 9.59 Å². The molecule has 0 spiro atoms. The Labute approximate surface area is 143 Å². The number of rotatable bonds is 4. The van der Waals surface area contributed by atoms with Crippen molar-refractivity contribution in [1.29, 1.82) is 0 Å². The second kappa shape index (κ2) is 6.31. The van der Waals surface area contributed by atoms with E-state index in [1.54, 1.807) is 40.1 Å². The zero-order chi connectivity index (χ0) is 17.2. The van der Waals surface area contributed by atoms with E-state index in [0.29, 0.717) is 24.6 Å². The van der Waals surface area contributed by atoms with Crippen molar-refractivity contribution in [3.63, 3.8) is 0 Å². The first-order chi connectivity index (χ1) is 12.2. The van der Waals surface area contributed by atoms with E-state index in [2.05, 4.69) is 20.4 Å². The highest BCUT2D eigenvalue weighted by Crippen LogP contribution is 2.21. The summed E-state index contributed by atoms with van der Waals surface area (Å²) in [4.78, 5) is 34.8. The van der Waals surface area contributed by atoms with Gasteiger partial charge in [0.25, 0.3) is 0 Å². The van der Waals surface area contributed by atoms with Crippen LogP contribution in [0.3, 0.4) is 0 Å². The first-order valence-corrected chi connectivity index (χ1v) is 7.98. The molecule has 25 heavy (non-hydrogen) atoms. The van der Waals surface area contributed by atoms with Gasteiger partial charge in [-0.15, -0.1) is 0 Å². The Morgan fingerprint density at radius 1 is 1.16 bits per heavy atom. The van der Waals surface area contributed by atoms with Crippen LogP contribution < -0.4 is 5.32 Å². The minimum absolute atomic E-state index is 0.0373. The maximum atomic E-state index is 12.6. The van der Waals surface area contributed by atoms with Crippen molar-refractivity contribution in [2.75, 3.05) is 11.9 Å². The number of pyridine rings is 1. The molecule has 0 saturated carbocycles. The lowest BCUT2D eigenvalue weighted by Crippen LogP contribution is -2.28. The maximum absolute atomic E-state index is 12.6. The number of amides is 2. The summed E-state index contributed by atoms with van der Waals surface area (Å²) in [6.07, 6.45) is 5.12. The molecule has 8 heteroatoms. The van der Waals surface area contributed by atoms with E-state index in [4.69, 9.17) is 0 Å². The Balaban J connectivity index is 1.45. The third-order valence-corrected chi connectivity index (χ3v) is 4.21. The fraction of sp³-hybridized carbons (Fsp3) is 0.235. The summed E-state index contributed by atoms with van der Waals surface area (Å²) >= 11 is 0. The smallest absolute Gasteiger partial charge is 0.230 e. The molecular weight excluding hydrogens is 320 g/mol. The first kappa shape index (κ1) is 15.3. The van der Waals surface area contributed by atoms with Crippen molar-refractivity contribution in [1.82, 2.24) is 24.5 Å². The summed E-state index contributed by atoms with van der Waals surface area (Å²) in [5.41, 5.74) is 1.46. The van der Waals surface area contributed by atoms with Gasteiger partial charge >= 0.3 is 0 Å². The molecule has 8 nitrogen and oxygen atoms in total. The van der Waals surface area contributed by atoms with Crippen LogP contribution >= 0.6 is 0 Å². The molecule has 4 rings (SSSR count). The third-order valence-electron chi connectivity index (χ3n) is 4.21. The van der Waals surface area contributed by atoms with Gasteiger partial charge < -0.3 is 10.2 Å². The van der Waals surface area contributed by atoms with Gasteiger partial charge in [-0.05, 0) is 18.2 Å². The predicted octanol–water partition coefficient (Wildman–Crippen LogP) is 1.11. The predicted molar refractivity (Wildman–Crippen MR) is 89.4 cm³/mol. The molecule has 2 amide bonds. The van der Waals surface area contributed by atoms with E-state index in [1.165, 1.54) is 0 Å². The number of carbonyl (C=O) groups excluding carboxylic acids is 2. The van der Waals surface area contributed by atoms with Crippen LogP contribution in [-0.2, 0) is 16.1 Å². The number of nitrogens with one attached hydrogen (secondary N) is 1. The minimum Gasteiger partial charge on any atom is -0.336 e. The van der Waals surface area contributed by atoms with Crippen LogP contribution in [0.25, 0.3) is 5.65 Å². The zero-order valence-electron chi connectivity index (χ0n) is 13.4. The van der Waals surface area contributed by atoms with Crippen molar-refractivity contribution in [3.8, 4) is 0 Å². The van der Waals surface area contributed by atoms with Gasteiger partial charge in [0, 0.05) is 31.4 Å². The van der Waals surface area contributed by atoms with Crippen LogP contribution in [0.2, 0.25) is 0 Å². The quantitative estimate of drug-likeness (QED) is 0.770. The molecule has 1 N–H and O–H groups in total. The molecule has 4 heterocycles. The van der Waals surface area contributed by atoms with Crippen LogP contribution in [0.15, 0.2) is 48.9 Å². The lowest BCUT2D eigenvalue weighted by atomic mass is 10.1. The minimum atomic E-state index is -0.394. The zero-order valence-corrected chi connectivity index (χ0v) is 13.4. The second-order valence-corrected chi connectivity index (χ2v) is 5.92. The SMILES string of the molecule is O=C(Nc1ccnc2ccnn12)[C@@H]1CC(=O)N(Cc2ccccn2)C1. The average molecular weight is 336 g/mol. The van der Waals surface area contributed by atoms with E-state index in [0.717, 1.165) is 5.69 Å². The fourth-order valence-electron chi connectivity index (χ4n) is 2.95. The first-order valence-electron chi connectivity index (χ1n) is 7.98. The molecular formula is C17H16N6O2. The average Bonchev–Trinajstić information content (AvgIpc) is 3.24. The van der Waals surface area contributed by atoms with Gasteiger partial charge in [0.15, 0.2) is 5.65 Å². The summed E-state index contributed by atoms with van der Waals surface area (Å²) in [5.74, 6) is -0.0877. The Morgan fingerprint density at radius 3 is 2.92 bits per heavy atom. The number of hydrogen-bond acceptors (Lipinski definition) is 5. The highest BCUT2D eigenvalue weighted by atomic mass is 16.2. The summed E-state index contributed by atoms with van der Waals surface area (Å²) in [6.45, 7) is 0.802. The molecule has 1 aliphatic rings. The van der Waals surface area contributed by atoms with Crippen molar-refractivity contribution >= 4 is 23.3 Å². The molecule has 1 atom stereocenters. The summed E-state index contributed by atoms with van der Waals surface area (Å²) in [6, 6.07) is 9.01. The van der Waals surface area contributed by atoms with Gasteiger partial charge in [-0.3, -0.25) is 14.6 Å². The fourth-order valence-corrected chi connectivity index (χ4v) is 2.95. The molecule has 3 aromatic rings. The number of nitrogens with zero attached hydrogens (tertiary/aromatic N) is 5. The Bertz CT molecular complexity index is 923. The highest BCUT2D eigenvalue weighted by Gasteiger charge is 2.34. The van der Waals surface area contributed by atoms with Gasteiger partial charge in [-0.1, -0.05) is 6.07 Å². The van der Waals surface area contributed by atoms with E-state index in [-0.39, 0.29) is 18.2 Å². The molecule has 0 radical (unpaired) electrons. The largest absolute Gasteiger partial charge is 0.336 e. The molecule has 0 aromatic carbocycles. The van der Waals surface area contributed by atoms with Gasteiger partial charge in [0.1, 0.15) is 5.82 Å². The molecule has 0 aliphatic carbocycles. The second-order valence-electron chi connectivity index (χ2n) is 5.92. The van der Waals surface area contributed by atoms with Gasteiger partial charge in [0.2, 0.25) is 11.8 Å².